The molecule has 2 heteroatoms. The van der Waals surface area contributed by atoms with E-state index in [4.69, 9.17) is 4.74 Å². The van der Waals surface area contributed by atoms with Gasteiger partial charge in [0.05, 0.1) is 0 Å². The quantitative estimate of drug-likeness (QED) is 0.387. The van der Waals surface area contributed by atoms with Gasteiger partial charge in [0.2, 0.25) is 0 Å². The van der Waals surface area contributed by atoms with Gasteiger partial charge in [0.1, 0.15) is 6.10 Å². The minimum Gasteiger partial charge on any atom is -0.454 e. The molecule has 2 nitrogen and oxygen atoms in total. The molecule has 0 unspecified atom stereocenters. The Kier molecular flexibility index (Phi) is 8.36. The van der Waals surface area contributed by atoms with Crippen molar-refractivity contribution in [2.24, 2.45) is 0 Å². The Morgan fingerprint density at radius 3 is 2.41 bits per heavy atom. The van der Waals surface area contributed by atoms with Crippen LogP contribution in [0.1, 0.15) is 38.9 Å². The van der Waals surface area contributed by atoms with E-state index in [1.54, 1.807) is 6.08 Å². The minimum absolute atomic E-state index is 0.248. The smallest absolute Gasteiger partial charge is 0.334 e. The third kappa shape index (κ3) is 6.40. The Labute approximate surface area is 133 Å². The summed E-state index contributed by atoms with van der Waals surface area (Å²) in [6.45, 7) is 5.71. The summed E-state index contributed by atoms with van der Waals surface area (Å²) < 4.78 is 5.51. The van der Waals surface area contributed by atoms with E-state index >= 15 is 0 Å². The molecule has 1 aromatic rings. The molecule has 0 amide bonds. The summed E-state index contributed by atoms with van der Waals surface area (Å²) in [5.41, 5.74) is 1.66. The largest absolute Gasteiger partial charge is 0.454 e. The van der Waals surface area contributed by atoms with Gasteiger partial charge in [-0.15, -0.1) is 0 Å². The van der Waals surface area contributed by atoms with Gasteiger partial charge in [-0.05, 0) is 32.8 Å². The van der Waals surface area contributed by atoms with Crippen LogP contribution in [-0.2, 0) is 9.53 Å². The molecule has 0 N–H and O–H groups in total. The van der Waals surface area contributed by atoms with Crippen molar-refractivity contribution < 1.29 is 9.53 Å². The number of carbonyl (C=O) groups is 1. The lowest BCUT2D eigenvalue weighted by atomic mass is 10.1. The van der Waals surface area contributed by atoms with Crippen molar-refractivity contribution in [2.45, 2.75) is 33.3 Å². The predicted molar refractivity (Wildman–Crippen MR) is 92.4 cm³/mol. The van der Waals surface area contributed by atoms with Gasteiger partial charge < -0.3 is 4.74 Å². The Morgan fingerprint density at radius 1 is 1.09 bits per heavy atom. The first kappa shape index (κ1) is 17.7. The summed E-state index contributed by atoms with van der Waals surface area (Å²) in [6.07, 6.45) is 13.8. The molecule has 1 rings (SSSR count). The summed E-state index contributed by atoms with van der Waals surface area (Å²) in [5.74, 6) is -0.263. The van der Waals surface area contributed by atoms with E-state index in [0.29, 0.717) is 12.0 Å². The Balaban J connectivity index is 2.55. The fraction of sp³-hybridized carbons (Fsp3) is 0.250. The lowest BCUT2D eigenvalue weighted by molar-refractivity contribution is -0.143. The van der Waals surface area contributed by atoms with Crippen LogP contribution in [0.15, 0.2) is 78.4 Å². The third-order valence-corrected chi connectivity index (χ3v) is 3.16. The number of allylic oxidation sites excluding steroid dienone is 7. The molecule has 0 spiro atoms. The molecule has 22 heavy (non-hydrogen) atoms. The maximum atomic E-state index is 12.2. The number of hydrogen-bond acceptors (Lipinski definition) is 2. The van der Waals surface area contributed by atoms with Crippen LogP contribution < -0.4 is 0 Å². The highest BCUT2D eigenvalue weighted by Gasteiger charge is 2.14. The van der Waals surface area contributed by atoms with Crippen molar-refractivity contribution in [1.82, 2.24) is 0 Å². The number of carbonyl (C=O) groups excluding carboxylic acids is 1. The zero-order valence-corrected chi connectivity index (χ0v) is 13.5. The topological polar surface area (TPSA) is 26.3 Å². The molecule has 0 aliphatic carbocycles. The summed E-state index contributed by atoms with van der Waals surface area (Å²) in [5, 5.41) is 0. The molecule has 0 radical (unpaired) electrons. The van der Waals surface area contributed by atoms with E-state index in [2.05, 4.69) is 0 Å². The van der Waals surface area contributed by atoms with Crippen LogP contribution in [0, 0.1) is 0 Å². The van der Waals surface area contributed by atoms with Gasteiger partial charge in [-0.3, -0.25) is 0 Å². The molecule has 0 bridgehead atoms. The van der Waals surface area contributed by atoms with Crippen LogP contribution in [0.2, 0.25) is 0 Å². The fourth-order valence-corrected chi connectivity index (χ4v) is 1.86. The molecule has 0 heterocycles. The van der Waals surface area contributed by atoms with E-state index in [-0.39, 0.29) is 12.1 Å². The molecule has 0 aromatic heterocycles. The number of esters is 1. The molecule has 0 saturated heterocycles. The van der Waals surface area contributed by atoms with Crippen molar-refractivity contribution in [2.75, 3.05) is 0 Å². The first-order valence-corrected chi connectivity index (χ1v) is 7.54. The van der Waals surface area contributed by atoms with Crippen LogP contribution in [-0.4, -0.2) is 5.97 Å². The van der Waals surface area contributed by atoms with E-state index in [1.165, 1.54) is 0 Å². The maximum absolute atomic E-state index is 12.2. The fourth-order valence-electron chi connectivity index (χ4n) is 1.86. The van der Waals surface area contributed by atoms with Crippen molar-refractivity contribution in [3.63, 3.8) is 0 Å². The third-order valence-electron chi connectivity index (χ3n) is 3.16. The van der Waals surface area contributed by atoms with Crippen LogP contribution in [0.4, 0.5) is 0 Å². The van der Waals surface area contributed by atoms with Gasteiger partial charge in [-0.1, -0.05) is 72.9 Å². The number of benzene rings is 1. The van der Waals surface area contributed by atoms with Gasteiger partial charge in [0.15, 0.2) is 0 Å². The standard InChI is InChI=1S/C20H24O2/c1-4-6-7-8-9-11-14-18(5-2)20(21)22-17(3)19-15-12-10-13-16-19/h4-13,15-17H,14H2,1-3H3/t17-/m1/s1. The van der Waals surface area contributed by atoms with Crippen molar-refractivity contribution in [1.29, 1.82) is 0 Å². The molecular formula is C20H24O2. The molecule has 0 saturated carbocycles. The first-order valence-electron chi connectivity index (χ1n) is 7.54. The van der Waals surface area contributed by atoms with Gasteiger partial charge >= 0.3 is 5.97 Å². The maximum Gasteiger partial charge on any atom is 0.334 e. The highest BCUT2D eigenvalue weighted by molar-refractivity contribution is 5.88. The van der Waals surface area contributed by atoms with E-state index in [1.807, 2.05) is 87.6 Å². The molecular weight excluding hydrogens is 272 g/mol. The average molecular weight is 296 g/mol. The lowest BCUT2D eigenvalue weighted by Crippen LogP contribution is -2.11. The summed E-state index contributed by atoms with van der Waals surface area (Å²) in [7, 11) is 0. The van der Waals surface area contributed by atoms with E-state index < -0.39 is 0 Å². The number of rotatable bonds is 7. The van der Waals surface area contributed by atoms with Gasteiger partial charge in [-0.25, -0.2) is 4.79 Å². The second-order valence-electron chi connectivity index (χ2n) is 4.82. The SMILES string of the molecule is CC=CC=CC=CCC(=CC)C(=O)O[C@H](C)c1ccccc1. The Bertz CT molecular complexity index is 563. The second-order valence-corrected chi connectivity index (χ2v) is 4.82. The highest BCUT2D eigenvalue weighted by Crippen LogP contribution is 2.18. The van der Waals surface area contributed by atoms with Gasteiger partial charge in [0, 0.05) is 5.57 Å². The highest BCUT2D eigenvalue weighted by atomic mass is 16.5. The van der Waals surface area contributed by atoms with Crippen molar-refractivity contribution in [3.05, 3.63) is 84.0 Å². The zero-order chi connectivity index (χ0) is 16.2. The lowest BCUT2D eigenvalue weighted by Gasteiger charge is -2.14. The molecule has 116 valence electrons. The van der Waals surface area contributed by atoms with Crippen LogP contribution >= 0.6 is 0 Å². The van der Waals surface area contributed by atoms with Crippen LogP contribution in [0.25, 0.3) is 0 Å². The van der Waals surface area contributed by atoms with Crippen LogP contribution in [0.3, 0.4) is 0 Å². The van der Waals surface area contributed by atoms with Crippen LogP contribution in [0.5, 0.6) is 0 Å². The van der Waals surface area contributed by atoms with Crippen molar-refractivity contribution >= 4 is 5.97 Å². The molecule has 0 aliphatic heterocycles. The summed E-state index contributed by atoms with van der Waals surface area (Å²) >= 11 is 0. The Morgan fingerprint density at radius 2 is 1.77 bits per heavy atom. The predicted octanol–water partition coefficient (Wildman–Crippen LogP) is 5.32. The summed E-state index contributed by atoms with van der Waals surface area (Å²) in [6, 6.07) is 9.74. The second kappa shape index (κ2) is 10.4. The summed E-state index contributed by atoms with van der Waals surface area (Å²) in [4.78, 5) is 12.2. The number of ether oxygens (including phenoxy) is 1. The van der Waals surface area contributed by atoms with E-state index in [9.17, 15) is 4.79 Å². The Hall–Kier alpha value is -2.35. The monoisotopic (exact) mass is 296 g/mol. The van der Waals surface area contributed by atoms with Gasteiger partial charge in [-0.2, -0.15) is 0 Å². The van der Waals surface area contributed by atoms with E-state index in [0.717, 1.165) is 5.56 Å². The number of hydrogen-bond donors (Lipinski definition) is 0. The molecule has 0 fully saturated rings. The average Bonchev–Trinajstić information content (AvgIpc) is 2.55. The molecule has 1 aromatic carbocycles. The minimum atomic E-state index is -0.263. The molecule has 0 aliphatic rings. The molecule has 1 atom stereocenters. The normalized spacial score (nSPS) is 14.0. The van der Waals surface area contributed by atoms with Gasteiger partial charge in [0.25, 0.3) is 0 Å². The first-order chi connectivity index (χ1) is 10.7. The zero-order valence-electron chi connectivity index (χ0n) is 13.5. The van der Waals surface area contributed by atoms with Crippen molar-refractivity contribution in [3.8, 4) is 0 Å².